The normalized spacial score (nSPS) is 20.7. The summed E-state index contributed by atoms with van der Waals surface area (Å²) in [5, 5.41) is 5.43. The Morgan fingerprint density at radius 3 is 2.69 bits per heavy atom. The maximum atomic E-state index is 13.0. The van der Waals surface area contributed by atoms with Gasteiger partial charge in [-0.05, 0) is 78.8 Å². The summed E-state index contributed by atoms with van der Waals surface area (Å²) in [6.07, 6.45) is 5.45. The van der Waals surface area contributed by atoms with Gasteiger partial charge in [-0.2, -0.15) is 0 Å². The molecule has 4 rings (SSSR count). The highest BCUT2D eigenvalue weighted by Crippen LogP contribution is 2.32. The second kappa shape index (κ2) is 8.86. The van der Waals surface area contributed by atoms with Crippen LogP contribution in [0.25, 0.3) is 0 Å². The summed E-state index contributed by atoms with van der Waals surface area (Å²) in [7, 11) is 0. The molecule has 156 valence electrons. The van der Waals surface area contributed by atoms with Crippen molar-refractivity contribution in [1.29, 1.82) is 0 Å². The van der Waals surface area contributed by atoms with E-state index < -0.39 is 0 Å². The number of nitrogens with zero attached hydrogens (tertiary/aromatic N) is 1. The molecule has 0 spiro atoms. The second-order valence-corrected chi connectivity index (χ2v) is 9.22. The number of carbonyl (C=O) groups excluding carboxylic acids is 2. The van der Waals surface area contributed by atoms with Crippen molar-refractivity contribution in [3.05, 3.63) is 51.9 Å². The first-order valence-electron chi connectivity index (χ1n) is 9.99. The lowest BCUT2D eigenvalue weighted by atomic mass is 9.90. The molecule has 1 unspecified atom stereocenters. The van der Waals surface area contributed by atoms with Crippen molar-refractivity contribution in [2.24, 2.45) is 11.1 Å². The third-order valence-corrected chi connectivity index (χ3v) is 6.90. The highest BCUT2D eigenvalue weighted by molar-refractivity contribution is 7.14. The summed E-state index contributed by atoms with van der Waals surface area (Å²) in [5.41, 5.74) is 9.70. The minimum atomic E-state index is -0.155. The predicted octanol–water partition coefficient (Wildman–Crippen LogP) is 4.11. The van der Waals surface area contributed by atoms with Crippen molar-refractivity contribution in [1.82, 2.24) is 4.90 Å². The zero-order chi connectivity index (χ0) is 19.7. The number of carbonyl (C=O) groups is 2. The number of thiophene rings is 1. The van der Waals surface area contributed by atoms with E-state index in [1.54, 1.807) is 6.07 Å². The van der Waals surface area contributed by atoms with Gasteiger partial charge < -0.3 is 16.0 Å². The van der Waals surface area contributed by atoms with Gasteiger partial charge in [0, 0.05) is 18.7 Å². The molecule has 2 amide bonds. The monoisotopic (exact) mass is 433 g/mol. The van der Waals surface area contributed by atoms with Crippen molar-refractivity contribution >= 4 is 40.6 Å². The van der Waals surface area contributed by atoms with Crippen LogP contribution in [0.5, 0.6) is 0 Å². The smallest absolute Gasteiger partial charge is 0.256 e. The third kappa shape index (κ3) is 4.49. The van der Waals surface area contributed by atoms with Gasteiger partial charge in [0.15, 0.2) is 0 Å². The van der Waals surface area contributed by atoms with E-state index in [9.17, 15) is 9.59 Å². The number of nitrogens with one attached hydrogen (secondary N) is 1. The van der Waals surface area contributed by atoms with Crippen LogP contribution in [-0.2, 0) is 12.8 Å². The molecule has 1 fully saturated rings. The average Bonchev–Trinajstić information content (AvgIpc) is 3.34. The number of fused-ring (bicyclic) bond motifs is 1. The van der Waals surface area contributed by atoms with Crippen LogP contribution < -0.4 is 11.1 Å². The lowest BCUT2D eigenvalue weighted by Crippen LogP contribution is -2.34. The summed E-state index contributed by atoms with van der Waals surface area (Å²) >= 11 is 1.39. The number of benzene rings is 1. The fourth-order valence-corrected chi connectivity index (χ4v) is 4.93. The maximum Gasteiger partial charge on any atom is 0.256 e. The van der Waals surface area contributed by atoms with E-state index in [-0.39, 0.29) is 29.6 Å². The van der Waals surface area contributed by atoms with Crippen LogP contribution in [-0.4, -0.2) is 36.3 Å². The molecule has 3 N–H and O–H groups in total. The van der Waals surface area contributed by atoms with Crippen molar-refractivity contribution < 1.29 is 9.59 Å². The van der Waals surface area contributed by atoms with E-state index in [1.165, 1.54) is 35.3 Å². The molecule has 0 saturated carbocycles. The molecule has 1 aromatic heterocycles. The molecular formula is C22H28ClN3O2S. The Bertz CT molecular complexity index is 913. The Balaban J connectivity index is 0.00000240. The van der Waals surface area contributed by atoms with Gasteiger partial charge in [-0.3, -0.25) is 9.59 Å². The molecule has 1 aliphatic carbocycles. The molecule has 2 heterocycles. The first kappa shape index (κ1) is 21.8. The average molecular weight is 434 g/mol. The van der Waals surface area contributed by atoms with Gasteiger partial charge in [0.1, 0.15) is 5.00 Å². The first-order valence-corrected chi connectivity index (χ1v) is 10.9. The Kier molecular flexibility index (Phi) is 6.66. The highest BCUT2D eigenvalue weighted by atomic mass is 35.5. The van der Waals surface area contributed by atoms with Crippen molar-refractivity contribution in [2.75, 3.05) is 25.0 Å². The summed E-state index contributed by atoms with van der Waals surface area (Å²) < 4.78 is 0. The number of hydrogen-bond acceptors (Lipinski definition) is 4. The number of anilines is 1. The van der Waals surface area contributed by atoms with Gasteiger partial charge in [0.05, 0.1) is 5.56 Å². The van der Waals surface area contributed by atoms with Gasteiger partial charge in [-0.25, -0.2) is 0 Å². The Morgan fingerprint density at radius 1 is 1.21 bits per heavy atom. The molecule has 1 saturated heterocycles. The number of halogens is 1. The second-order valence-electron chi connectivity index (χ2n) is 8.30. The molecule has 0 bridgehead atoms. The van der Waals surface area contributed by atoms with Crippen LogP contribution in [0.3, 0.4) is 0 Å². The zero-order valence-electron chi connectivity index (χ0n) is 16.7. The number of rotatable bonds is 4. The van der Waals surface area contributed by atoms with Crippen LogP contribution in [0.1, 0.15) is 58.0 Å². The SMILES string of the molecule is CC1(CN)CCN(C(=O)c2ccsc2NC(=O)c2ccc3c(c2)CCCC3)C1.Cl. The molecule has 0 radical (unpaired) electrons. The zero-order valence-corrected chi connectivity index (χ0v) is 18.3. The van der Waals surface area contributed by atoms with Gasteiger partial charge in [0.2, 0.25) is 0 Å². The Hall–Kier alpha value is -1.89. The highest BCUT2D eigenvalue weighted by Gasteiger charge is 2.36. The van der Waals surface area contributed by atoms with E-state index in [1.807, 2.05) is 22.4 Å². The Labute approximate surface area is 182 Å². The van der Waals surface area contributed by atoms with E-state index >= 15 is 0 Å². The molecule has 1 aliphatic heterocycles. The van der Waals surface area contributed by atoms with Crippen LogP contribution >= 0.6 is 23.7 Å². The van der Waals surface area contributed by atoms with Crippen molar-refractivity contribution in [2.45, 2.75) is 39.0 Å². The van der Waals surface area contributed by atoms with E-state index in [0.717, 1.165) is 19.3 Å². The summed E-state index contributed by atoms with van der Waals surface area (Å²) in [5.74, 6) is -0.183. The molecule has 5 nitrogen and oxygen atoms in total. The standard InChI is InChI=1S/C22H27N3O2S.ClH/c1-22(13-23)9-10-25(14-22)21(27)18-8-11-28-20(18)24-19(26)17-7-6-15-4-2-3-5-16(15)12-17;/h6-8,11-12H,2-5,9-10,13-14,23H2,1H3,(H,24,26);1H. The fraction of sp³-hybridized carbons (Fsp3) is 0.455. The largest absolute Gasteiger partial charge is 0.338 e. The van der Waals surface area contributed by atoms with E-state index in [0.29, 0.717) is 35.8 Å². The fourth-order valence-electron chi connectivity index (χ4n) is 4.16. The van der Waals surface area contributed by atoms with Crippen molar-refractivity contribution in [3.63, 3.8) is 0 Å². The predicted molar refractivity (Wildman–Crippen MR) is 120 cm³/mol. The van der Waals surface area contributed by atoms with Crippen molar-refractivity contribution in [3.8, 4) is 0 Å². The van der Waals surface area contributed by atoms with Crippen LogP contribution in [0, 0.1) is 5.41 Å². The van der Waals surface area contributed by atoms with Gasteiger partial charge in [-0.1, -0.05) is 13.0 Å². The number of nitrogens with two attached hydrogens (primary N) is 1. The summed E-state index contributed by atoms with van der Waals surface area (Å²) in [6, 6.07) is 7.77. The van der Waals surface area contributed by atoms with Crippen LogP contribution in [0.15, 0.2) is 29.6 Å². The van der Waals surface area contributed by atoms with E-state index in [4.69, 9.17) is 5.73 Å². The van der Waals surface area contributed by atoms with Crippen LogP contribution in [0.4, 0.5) is 5.00 Å². The number of amides is 2. The lowest BCUT2D eigenvalue weighted by molar-refractivity contribution is 0.0778. The molecule has 2 aromatic rings. The minimum absolute atomic E-state index is 0. The van der Waals surface area contributed by atoms with Gasteiger partial charge in [0.25, 0.3) is 11.8 Å². The minimum Gasteiger partial charge on any atom is -0.338 e. The number of likely N-dealkylation sites (tertiary alicyclic amines) is 1. The quantitative estimate of drug-likeness (QED) is 0.761. The molecule has 2 aliphatic rings. The van der Waals surface area contributed by atoms with E-state index in [2.05, 4.69) is 18.3 Å². The summed E-state index contributed by atoms with van der Waals surface area (Å²) in [6.45, 7) is 4.06. The summed E-state index contributed by atoms with van der Waals surface area (Å²) in [4.78, 5) is 27.6. The Morgan fingerprint density at radius 2 is 1.97 bits per heavy atom. The molecule has 29 heavy (non-hydrogen) atoms. The van der Waals surface area contributed by atoms with Gasteiger partial charge in [-0.15, -0.1) is 23.7 Å². The molecular weight excluding hydrogens is 406 g/mol. The first-order chi connectivity index (χ1) is 13.5. The molecule has 7 heteroatoms. The topological polar surface area (TPSA) is 75.4 Å². The van der Waals surface area contributed by atoms with Crippen LogP contribution in [0.2, 0.25) is 0 Å². The third-order valence-electron chi connectivity index (χ3n) is 6.07. The maximum absolute atomic E-state index is 13.0. The molecule has 1 atom stereocenters. The van der Waals surface area contributed by atoms with Gasteiger partial charge >= 0.3 is 0 Å². The lowest BCUT2D eigenvalue weighted by Gasteiger charge is -2.22. The number of hydrogen-bond donors (Lipinski definition) is 2. The molecule has 1 aromatic carbocycles. The number of aryl methyl sites for hydroxylation is 2.